The number of halogens is 1. The summed E-state index contributed by atoms with van der Waals surface area (Å²) in [6, 6.07) is 20.1. The Balaban J connectivity index is 2.04. The van der Waals surface area contributed by atoms with Crippen LogP contribution in [0, 0.1) is 17.1 Å². The molecule has 0 amide bonds. The van der Waals surface area contributed by atoms with Crippen LogP contribution in [0.1, 0.15) is 4.88 Å². The number of nitrogens with two attached hydrogens (primary N) is 1. The summed E-state index contributed by atoms with van der Waals surface area (Å²) >= 11 is 1.27. The van der Waals surface area contributed by atoms with Gasteiger partial charge in [-0.05, 0) is 41.5 Å². The highest BCUT2D eigenvalue weighted by atomic mass is 32.1. The number of fused-ring (bicyclic) bond motifs is 1. The van der Waals surface area contributed by atoms with E-state index >= 15 is 0 Å². The number of hydrogen-bond donors (Lipinski definition) is 1. The highest BCUT2D eigenvalue weighted by Crippen LogP contribution is 2.40. The first-order valence-corrected chi connectivity index (χ1v) is 8.43. The Kier molecular flexibility index (Phi) is 3.68. The molecule has 0 atom stereocenters. The van der Waals surface area contributed by atoms with Gasteiger partial charge >= 0.3 is 0 Å². The standard InChI is InChI=1S/C20H12FN3S/c21-14-8-6-13(7-9-14)16-10-15(12-4-2-1-3-5-12)18-19(23)17(11-22)25-20(18)24-16/h1-10H,23H2. The number of thiophene rings is 1. The molecule has 25 heavy (non-hydrogen) atoms. The molecule has 0 saturated heterocycles. The second-order valence-electron chi connectivity index (χ2n) is 5.56. The van der Waals surface area contributed by atoms with E-state index in [1.54, 1.807) is 12.1 Å². The Labute approximate surface area is 147 Å². The molecule has 0 aliphatic rings. The minimum absolute atomic E-state index is 0.291. The highest BCUT2D eigenvalue weighted by molar-refractivity contribution is 7.20. The zero-order valence-corrected chi connectivity index (χ0v) is 13.8. The lowest BCUT2D eigenvalue weighted by Gasteiger charge is -2.08. The van der Waals surface area contributed by atoms with E-state index in [1.807, 2.05) is 36.4 Å². The summed E-state index contributed by atoms with van der Waals surface area (Å²) in [6.07, 6.45) is 0. The van der Waals surface area contributed by atoms with E-state index in [0.717, 1.165) is 27.8 Å². The first-order valence-electron chi connectivity index (χ1n) is 7.62. The van der Waals surface area contributed by atoms with Crippen LogP contribution in [0.15, 0.2) is 60.7 Å². The van der Waals surface area contributed by atoms with Crippen molar-refractivity contribution in [2.24, 2.45) is 0 Å². The molecule has 0 radical (unpaired) electrons. The van der Waals surface area contributed by atoms with Crippen LogP contribution in [-0.4, -0.2) is 4.98 Å². The monoisotopic (exact) mass is 345 g/mol. The molecule has 2 N–H and O–H groups in total. The average molecular weight is 345 g/mol. The maximum atomic E-state index is 13.2. The van der Waals surface area contributed by atoms with E-state index in [1.165, 1.54) is 23.5 Å². The number of anilines is 1. The fourth-order valence-corrected chi connectivity index (χ4v) is 3.73. The molecule has 0 saturated carbocycles. The van der Waals surface area contributed by atoms with Gasteiger partial charge in [-0.1, -0.05) is 30.3 Å². The first kappa shape index (κ1) is 15.3. The number of aromatic nitrogens is 1. The molecule has 2 heterocycles. The van der Waals surface area contributed by atoms with Crippen LogP contribution in [0.25, 0.3) is 32.6 Å². The molecule has 3 nitrogen and oxygen atoms in total. The Morgan fingerprint density at radius 2 is 1.72 bits per heavy atom. The van der Waals surface area contributed by atoms with Crippen molar-refractivity contribution in [3.63, 3.8) is 0 Å². The van der Waals surface area contributed by atoms with Gasteiger partial charge < -0.3 is 5.73 Å². The van der Waals surface area contributed by atoms with Gasteiger partial charge in [0.15, 0.2) is 0 Å². The van der Waals surface area contributed by atoms with Crippen molar-refractivity contribution in [1.82, 2.24) is 4.98 Å². The van der Waals surface area contributed by atoms with Crippen LogP contribution in [0.3, 0.4) is 0 Å². The van der Waals surface area contributed by atoms with E-state index in [-0.39, 0.29) is 5.82 Å². The van der Waals surface area contributed by atoms with Crippen LogP contribution in [0.5, 0.6) is 0 Å². The van der Waals surface area contributed by atoms with Crippen molar-refractivity contribution < 1.29 is 4.39 Å². The fourth-order valence-electron chi connectivity index (χ4n) is 2.82. The largest absolute Gasteiger partial charge is 0.396 e. The maximum absolute atomic E-state index is 13.2. The molecular formula is C20H12FN3S. The van der Waals surface area contributed by atoms with Gasteiger partial charge in [0, 0.05) is 10.9 Å². The summed E-state index contributed by atoms with van der Waals surface area (Å²) in [4.78, 5) is 5.81. The third-order valence-corrected chi connectivity index (χ3v) is 5.03. The van der Waals surface area contributed by atoms with Crippen LogP contribution in [0.2, 0.25) is 0 Å². The van der Waals surface area contributed by atoms with E-state index in [9.17, 15) is 9.65 Å². The fraction of sp³-hybridized carbons (Fsp3) is 0. The lowest BCUT2D eigenvalue weighted by Crippen LogP contribution is -1.91. The quantitative estimate of drug-likeness (QED) is 0.541. The first-order chi connectivity index (χ1) is 12.2. The number of hydrogen-bond acceptors (Lipinski definition) is 4. The predicted molar refractivity (Wildman–Crippen MR) is 99.6 cm³/mol. The molecule has 4 rings (SSSR count). The summed E-state index contributed by atoms with van der Waals surface area (Å²) in [5, 5.41) is 10.1. The maximum Gasteiger partial charge on any atom is 0.130 e. The molecule has 4 aromatic rings. The van der Waals surface area contributed by atoms with Gasteiger partial charge in [-0.25, -0.2) is 9.37 Å². The van der Waals surface area contributed by atoms with Gasteiger partial charge in [0.1, 0.15) is 21.6 Å². The normalized spacial score (nSPS) is 10.7. The van der Waals surface area contributed by atoms with Gasteiger partial charge in [-0.3, -0.25) is 0 Å². The Bertz CT molecular complexity index is 1110. The summed E-state index contributed by atoms with van der Waals surface area (Å²) < 4.78 is 13.2. The predicted octanol–water partition coefficient (Wildman–Crippen LogP) is 5.22. The van der Waals surface area contributed by atoms with Crippen LogP contribution >= 0.6 is 11.3 Å². The van der Waals surface area contributed by atoms with Crippen LogP contribution < -0.4 is 5.73 Å². The molecule has 0 aliphatic carbocycles. The SMILES string of the molecule is N#Cc1sc2nc(-c3ccc(F)cc3)cc(-c3ccccc3)c2c1N. The average Bonchev–Trinajstić information content (AvgIpc) is 2.98. The van der Waals surface area contributed by atoms with Crippen LogP contribution in [0.4, 0.5) is 10.1 Å². The number of nitrogen functional groups attached to an aromatic ring is 1. The summed E-state index contributed by atoms with van der Waals surface area (Å²) in [6.45, 7) is 0. The third kappa shape index (κ3) is 2.63. The molecule has 5 heteroatoms. The zero-order valence-electron chi connectivity index (χ0n) is 13.0. The number of pyridine rings is 1. The second kappa shape index (κ2) is 6.00. The highest BCUT2D eigenvalue weighted by Gasteiger charge is 2.17. The van der Waals surface area contributed by atoms with Gasteiger partial charge in [-0.15, -0.1) is 11.3 Å². The van der Waals surface area contributed by atoms with Gasteiger partial charge in [-0.2, -0.15) is 5.26 Å². The minimum atomic E-state index is -0.291. The molecule has 120 valence electrons. The van der Waals surface area contributed by atoms with Gasteiger partial charge in [0.25, 0.3) is 0 Å². The second-order valence-corrected chi connectivity index (χ2v) is 6.56. The van der Waals surface area contributed by atoms with Gasteiger partial charge in [0.2, 0.25) is 0 Å². The van der Waals surface area contributed by atoms with Crippen LogP contribution in [-0.2, 0) is 0 Å². The van der Waals surface area contributed by atoms with Crippen molar-refractivity contribution in [2.45, 2.75) is 0 Å². The minimum Gasteiger partial charge on any atom is -0.396 e. The topological polar surface area (TPSA) is 62.7 Å². The lowest BCUT2D eigenvalue weighted by atomic mass is 9.99. The summed E-state index contributed by atoms with van der Waals surface area (Å²) in [7, 11) is 0. The number of nitriles is 1. The van der Waals surface area contributed by atoms with Gasteiger partial charge in [0.05, 0.1) is 11.4 Å². The molecule has 0 fully saturated rings. The molecule has 2 aromatic carbocycles. The van der Waals surface area contributed by atoms with E-state index in [2.05, 4.69) is 11.1 Å². The molecule has 2 aromatic heterocycles. The lowest BCUT2D eigenvalue weighted by molar-refractivity contribution is 0.628. The van der Waals surface area contributed by atoms with Crippen molar-refractivity contribution >= 4 is 27.2 Å². The molecule has 0 unspecified atom stereocenters. The van der Waals surface area contributed by atoms with Crippen molar-refractivity contribution in [2.75, 3.05) is 5.73 Å². The molecule has 0 aliphatic heterocycles. The number of benzene rings is 2. The molecule has 0 spiro atoms. The van der Waals surface area contributed by atoms with E-state index in [0.29, 0.717) is 15.4 Å². The summed E-state index contributed by atoms with van der Waals surface area (Å²) in [5.41, 5.74) is 10.1. The Morgan fingerprint density at radius 3 is 2.40 bits per heavy atom. The smallest absolute Gasteiger partial charge is 0.130 e. The Hall–Kier alpha value is -3.23. The number of nitrogens with zero attached hydrogens (tertiary/aromatic N) is 2. The summed E-state index contributed by atoms with van der Waals surface area (Å²) in [5.74, 6) is -0.291. The number of rotatable bonds is 2. The van der Waals surface area contributed by atoms with Crippen molar-refractivity contribution in [3.05, 3.63) is 71.4 Å². The van der Waals surface area contributed by atoms with E-state index in [4.69, 9.17) is 5.73 Å². The molecular weight excluding hydrogens is 333 g/mol. The van der Waals surface area contributed by atoms with Crippen molar-refractivity contribution in [1.29, 1.82) is 5.26 Å². The zero-order chi connectivity index (χ0) is 17.4. The van der Waals surface area contributed by atoms with E-state index < -0.39 is 0 Å². The van der Waals surface area contributed by atoms with Crippen molar-refractivity contribution in [3.8, 4) is 28.5 Å². The molecule has 0 bridgehead atoms. The Morgan fingerprint density at radius 1 is 1.00 bits per heavy atom. The third-order valence-electron chi connectivity index (χ3n) is 4.03.